The molecule has 0 aromatic heterocycles. The standard InChI is InChI=1S/C23H28N2O5/c1-15-3-8-20(30-2)19(13-15)25-22(28)24-18-6-4-16(5-7-18)17-9-11-23(29,12-10-17)14-21(26)27/h3-8,13,17,29H,9-12,14H2,1-2H3,(H,26,27)(H2,24,25,28)/t17-,23+. The Balaban J connectivity index is 1.57. The van der Waals surface area contributed by atoms with E-state index in [1.807, 2.05) is 43.3 Å². The SMILES string of the molecule is COc1ccc(C)cc1NC(=O)Nc1ccc([C@H]2CC[C@](O)(CC(=O)O)CC2)cc1. The summed E-state index contributed by atoms with van der Waals surface area (Å²) in [6.07, 6.45) is 2.23. The van der Waals surface area contributed by atoms with Gasteiger partial charge in [0.05, 0.1) is 24.8 Å². The number of carboxylic acids is 1. The van der Waals surface area contributed by atoms with Gasteiger partial charge in [0, 0.05) is 5.69 Å². The monoisotopic (exact) mass is 412 g/mol. The first-order valence-electron chi connectivity index (χ1n) is 10.0. The van der Waals surface area contributed by atoms with Crippen LogP contribution in [0.4, 0.5) is 16.2 Å². The van der Waals surface area contributed by atoms with Crippen molar-refractivity contribution in [3.63, 3.8) is 0 Å². The molecule has 2 amide bonds. The molecular weight excluding hydrogens is 384 g/mol. The second kappa shape index (κ2) is 9.17. The van der Waals surface area contributed by atoms with Gasteiger partial charge in [-0.3, -0.25) is 4.79 Å². The summed E-state index contributed by atoms with van der Waals surface area (Å²) in [6, 6.07) is 12.8. The molecule has 30 heavy (non-hydrogen) atoms. The zero-order valence-electron chi connectivity index (χ0n) is 17.3. The van der Waals surface area contributed by atoms with Gasteiger partial charge in [-0.2, -0.15) is 0 Å². The van der Waals surface area contributed by atoms with E-state index >= 15 is 0 Å². The van der Waals surface area contributed by atoms with Gasteiger partial charge in [-0.25, -0.2) is 4.79 Å². The summed E-state index contributed by atoms with van der Waals surface area (Å²) >= 11 is 0. The number of hydrogen-bond donors (Lipinski definition) is 4. The van der Waals surface area contributed by atoms with Crippen molar-refractivity contribution in [1.82, 2.24) is 0 Å². The third-order valence-corrected chi connectivity index (χ3v) is 5.64. The molecule has 160 valence electrons. The van der Waals surface area contributed by atoms with E-state index in [-0.39, 0.29) is 18.4 Å². The Kier molecular flexibility index (Phi) is 6.62. The topological polar surface area (TPSA) is 108 Å². The summed E-state index contributed by atoms with van der Waals surface area (Å²) in [4.78, 5) is 23.3. The van der Waals surface area contributed by atoms with Gasteiger partial charge in [0.2, 0.25) is 0 Å². The average Bonchev–Trinajstić information content (AvgIpc) is 2.68. The molecule has 0 bridgehead atoms. The first-order valence-corrected chi connectivity index (χ1v) is 10.0. The number of aryl methyl sites for hydroxylation is 1. The maximum absolute atomic E-state index is 12.4. The Morgan fingerprint density at radius 2 is 1.77 bits per heavy atom. The molecule has 3 rings (SSSR count). The minimum absolute atomic E-state index is 0.205. The minimum Gasteiger partial charge on any atom is -0.495 e. The summed E-state index contributed by atoms with van der Waals surface area (Å²) in [5.74, 6) is -0.0994. The lowest BCUT2D eigenvalue weighted by atomic mass is 9.75. The fraction of sp³-hybridized carbons (Fsp3) is 0.391. The van der Waals surface area contributed by atoms with Crippen molar-refractivity contribution in [2.24, 2.45) is 0 Å². The van der Waals surface area contributed by atoms with Crippen LogP contribution in [0.25, 0.3) is 0 Å². The number of anilines is 2. The molecule has 1 aliphatic rings. The van der Waals surface area contributed by atoms with Crippen molar-refractivity contribution in [3.05, 3.63) is 53.6 Å². The quantitative estimate of drug-likeness (QED) is 0.558. The van der Waals surface area contributed by atoms with Crippen LogP contribution in [0, 0.1) is 6.92 Å². The summed E-state index contributed by atoms with van der Waals surface area (Å²) in [6.45, 7) is 1.94. The van der Waals surface area contributed by atoms with Crippen molar-refractivity contribution in [1.29, 1.82) is 0 Å². The van der Waals surface area contributed by atoms with Gasteiger partial charge in [0.1, 0.15) is 5.75 Å². The summed E-state index contributed by atoms with van der Waals surface area (Å²) in [7, 11) is 1.56. The fourth-order valence-corrected chi connectivity index (χ4v) is 3.99. The zero-order chi connectivity index (χ0) is 21.7. The predicted molar refractivity (Wildman–Crippen MR) is 115 cm³/mol. The highest BCUT2D eigenvalue weighted by Gasteiger charge is 2.35. The molecule has 7 nitrogen and oxygen atoms in total. The molecule has 0 atom stereocenters. The van der Waals surface area contributed by atoms with Crippen LogP contribution in [0.15, 0.2) is 42.5 Å². The van der Waals surface area contributed by atoms with Crippen LogP contribution < -0.4 is 15.4 Å². The van der Waals surface area contributed by atoms with E-state index in [1.165, 1.54) is 0 Å². The molecule has 1 fully saturated rings. The van der Waals surface area contributed by atoms with E-state index in [1.54, 1.807) is 13.2 Å². The first-order chi connectivity index (χ1) is 14.3. The van der Waals surface area contributed by atoms with E-state index in [0.717, 1.165) is 24.0 Å². The molecule has 7 heteroatoms. The average molecular weight is 412 g/mol. The summed E-state index contributed by atoms with van der Waals surface area (Å²) in [5.41, 5.74) is 2.30. The number of ether oxygens (including phenoxy) is 1. The molecule has 4 N–H and O–H groups in total. The molecule has 1 saturated carbocycles. The number of methoxy groups -OCH3 is 1. The smallest absolute Gasteiger partial charge is 0.323 e. The van der Waals surface area contributed by atoms with E-state index < -0.39 is 11.6 Å². The molecule has 0 heterocycles. The lowest BCUT2D eigenvalue weighted by Crippen LogP contribution is -2.35. The lowest BCUT2D eigenvalue weighted by molar-refractivity contribution is -0.144. The van der Waals surface area contributed by atoms with Crippen molar-refractivity contribution in [3.8, 4) is 5.75 Å². The largest absolute Gasteiger partial charge is 0.495 e. The van der Waals surface area contributed by atoms with Gasteiger partial charge in [0.25, 0.3) is 0 Å². The second-order valence-corrected chi connectivity index (χ2v) is 7.97. The first kappa shape index (κ1) is 21.6. The molecule has 2 aromatic carbocycles. The van der Waals surface area contributed by atoms with E-state index in [2.05, 4.69) is 10.6 Å². The highest BCUT2D eigenvalue weighted by molar-refractivity contribution is 6.00. The number of benzene rings is 2. The van der Waals surface area contributed by atoms with Crippen LogP contribution in [0.5, 0.6) is 5.75 Å². The Bertz CT molecular complexity index is 902. The summed E-state index contributed by atoms with van der Waals surface area (Å²) in [5, 5.41) is 24.9. The number of aliphatic hydroxyl groups is 1. The van der Waals surface area contributed by atoms with Gasteiger partial charge in [0.15, 0.2) is 0 Å². The van der Waals surface area contributed by atoms with E-state index in [9.17, 15) is 14.7 Å². The molecule has 0 radical (unpaired) electrons. The Morgan fingerprint density at radius 3 is 2.37 bits per heavy atom. The Labute approximate surface area is 176 Å². The molecule has 0 saturated heterocycles. The molecule has 1 aliphatic carbocycles. The highest BCUT2D eigenvalue weighted by Crippen LogP contribution is 2.39. The van der Waals surface area contributed by atoms with E-state index in [0.29, 0.717) is 30.0 Å². The number of carbonyl (C=O) groups is 2. The fourth-order valence-electron chi connectivity index (χ4n) is 3.99. The maximum atomic E-state index is 12.4. The normalized spacial score (nSPS) is 21.0. The van der Waals surface area contributed by atoms with Crippen LogP contribution in [0.3, 0.4) is 0 Å². The predicted octanol–water partition coefficient (Wildman–Crippen LogP) is 4.51. The second-order valence-electron chi connectivity index (χ2n) is 7.97. The molecule has 2 aromatic rings. The van der Waals surface area contributed by atoms with E-state index in [4.69, 9.17) is 9.84 Å². The van der Waals surface area contributed by atoms with Crippen LogP contribution in [-0.4, -0.2) is 34.9 Å². The Hall–Kier alpha value is -3.06. The van der Waals surface area contributed by atoms with Crippen LogP contribution in [0.2, 0.25) is 0 Å². The molecule has 0 spiro atoms. The number of urea groups is 1. The molecule has 0 unspecified atom stereocenters. The van der Waals surface area contributed by atoms with Gasteiger partial charge in [-0.1, -0.05) is 18.2 Å². The van der Waals surface area contributed by atoms with Gasteiger partial charge < -0.3 is 25.6 Å². The number of aliphatic carboxylic acids is 1. The number of carboxylic acid groups (broad SMARTS) is 1. The van der Waals surface area contributed by atoms with Gasteiger partial charge >= 0.3 is 12.0 Å². The van der Waals surface area contributed by atoms with Crippen molar-refractivity contribution in [2.75, 3.05) is 17.7 Å². The van der Waals surface area contributed by atoms with Crippen LogP contribution in [0.1, 0.15) is 49.1 Å². The van der Waals surface area contributed by atoms with Crippen molar-refractivity contribution < 1.29 is 24.5 Å². The molecule has 0 aliphatic heterocycles. The van der Waals surface area contributed by atoms with Gasteiger partial charge in [-0.15, -0.1) is 0 Å². The van der Waals surface area contributed by atoms with Crippen molar-refractivity contribution >= 4 is 23.4 Å². The summed E-state index contributed by atoms with van der Waals surface area (Å²) < 4.78 is 5.28. The minimum atomic E-state index is -1.10. The highest BCUT2D eigenvalue weighted by atomic mass is 16.5. The number of hydrogen-bond acceptors (Lipinski definition) is 4. The third-order valence-electron chi connectivity index (χ3n) is 5.64. The Morgan fingerprint density at radius 1 is 1.10 bits per heavy atom. The van der Waals surface area contributed by atoms with Gasteiger partial charge in [-0.05, 0) is 73.9 Å². The number of amides is 2. The third kappa shape index (κ3) is 5.51. The lowest BCUT2D eigenvalue weighted by Gasteiger charge is -2.35. The van der Waals surface area contributed by atoms with Crippen LogP contribution >= 0.6 is 0 Å². The number of nitrogens with one attached hydrogen (secondary N) is 2. The zero-order valence-corrected chi connectivity index (χ0v) is 17.3. The number of carbonyl (C=O) groups excluding carboxylic acids is 1. The van der Waals surface area contributed by atoms with Crippen LogP contribution in [-0.2, 0) is 4.79 Å². The molecular formula is C23H28N2O5. The number of rotatable bonds is 6. The van der Waals surface area contributed by atoms with Crippen molar-refractivity contribution in [2.45, 2.75) is 50.5 Å². The maximum Gasteiger partial charge on any atom is 0.323 e.